The molecule has 36 heavy (non-hydrogen) atoms. The van der Waals surface area contributed by atoms with Crippen molar-refractivity contribution in [1.29, 1.82) is 0 Å². The van der Waals surface area contributed by atoms with Gasteiger partial charge in [-0.15, -0.1) is 0 Å². The molecule has 0 radical (unpaired) electrons. The molecule has 1 fully saturated rings. The third kappa shape index (κ3) is 4.37. The third-order valence-corrected chi connectivity index (χ3v) is 7.11. The first-order valence-corrected chi connectivity index (χ1v) is 12.7. The first-order chi connectivity index (χ1) is 17.4. The molecule has 0 amide bonds. The van der Waals surface area contributed by atoms with E-state index < -0.39 is 11.6 Å². The maximum absolute atomic E-state index is 11.8. The lowest BCUT2D eigenvalue weighted by atomic mass is 10.0. The van der Waals surface area contributed by atoms with Crippen LogP contribution in [0.1, 0.15) is 45.7 Å². The van der Waals surface area contributed by atoms with Gasteiger partial charge in [0, 0.05) is 30.6 Å². The lowest BCUT2D eigenvalue weighted by Crippen LogP contribution is -2.37. The minimum absolute atomic E-state index is 0.110. The minimum Gasteiger partial charge on any atom is -0.479 e. The molecule has 1 aliphatic rings. The standard InChI is InChI=1S/C28H33N5O3/c1-4-13-32-25-16-20(11-12-21(25)18-29-32)26-17-22(19-36-28(3,5-2)27(34)35)30-33(26)24-10-7-6-9-23(24)31-14-8-15-31/h6-7,9-12,16-18H,4-5,8,13-15,19H2,1-3H3,(H,34,35)/t28-/m1/s1. The highest BCUT2D eigenvalue weighted by molar-refractivity contribution is 5.84. The van der Waals surface area contributed by atoms with Crippen LogP contribution in [0.4, 0.5) is 5.69 Å². The normalized spacial score (nSPS) is 15.1. The highest BCUT2D eigenvalue weighted by Gasteiger charge is 2.32. The summed E-state index contributed by atoms with van der Waals surface area (Å²) in [6, 6.07) is 16.7. The zero-order valence-electron chi connectivity index (χ0n) is 21.1. The molecule has 2 aromatic carbocycles. The lowest BCUT2D eigenvalue weighted by Gasteiger charge is -2.34. The topological polar surface area (TPSA) is 85.4 Å². The van der Waals surface area contributed by atoms with E-state index in [1.165, 1.54) is 6.42 Å². The van der Waals surface area contributed by atoms with Crippen molar-refractivity contribution in [3.63, 3.8) is 0 Å². The quantitative estimate of drug-likeness (QED) is 0.328. The van der Waals surface area contributed by atoms with Crippen LogP contribution in [0, 0.1) is 0 Å². The average molecular weight is 488 g/mol. The number of fused-ring (bicyclic) bond motifs is 1. The Kier molecular flexibility index (Phi) is 6.53. The molecule has 1 atom stereocenters. The molecule has 0 unspecified atom stereocenters. The summed E-state index contributed by atoms with van der Waals surface area (Å²) >= 11 is 0. The number of hydrogen-bond donors (Lipinski definition) is 1. The molecule has 1 saturated heterocycles. The maximum Gasteiger partial charge on any atom is 0.335 e. The summed E-state index contributed by atoms with van der Waals surface area (Å²) in [5, 5.41) is 20.2. The summed E-state index contributed by atoms with van der Waals surface area (Å²) in [6.07, 6.45) is 4.46. The second kappa shape index (κ2) is 9.78. The monoisotopic (exact) mass is 487 g/mol. The number of nitrogens with zero attached hydrogens (tertiary/aromatic N) is 5. The van der Waals surface area contributed by atoms with Crippen LogP contribution in [0.5, 0.6) is 0 Å². The van der Waals surface area contributed by atoms with E-state index >= 15 is 0 Å². The summed E-state index contributed by atoms with van der Waals surface area (Å²) in [4.78, 5) is 14.1. The van der Waals surface area contributed by atoms with Gasteiger partial charge in [-0.05, 0) is 50.5 Å². The number of aryl methyl sites for hydroxylation is 1. The maximum atomic E-state index is 11.8. The number of ether oxygens (including phenoxy) is 1. The van der Waals surface area contributed by atoms with Gasteiger partial charge in [-0.3, -0.25) is 4.68 Å². The fraction of sp³-hybridized carbons (Fsp3) is 0.393. The Hall–Kier alpha value is -3.65. The highest BCUT2D eigenvalue weighted by atomic mass is 16.5. The molecule has 0 bridgehead atoms. The van der Waals surface area contributed by atoms with Crippen LogP contribution < -0.4 is 4.90 Å². The van der Waals surface area contributed by atoms with Gasteiger partial charge in [-0.25, -0.2) is 9.48 Å². The smallest absolute Gasteiger partial charge is 0.335 e. The molecule has 2 aromatic heterocycles. The predicted molar refractivity (Wildman–Crippen MR) is 141 cm³/mol. The van der Waals surface area contributed by atoms with E-state index in [4.69, 9.17) is 9.84 Å². The second-order valence-electron chi connectivity index (χ2n) is 9.58. The number of aromatic nitrogens is 4. The SMILES string of the molecule is CCCn1ncc2ccc(-c3cc(CO[C@](C)(CC)C(=O)O)nn3-c3ccccc3N3CCC3)cc21. The fourth-order valence-electron chi connectivity index (χ4n) is 4.53. The van der Waals surface area contributed by atoms with Crippen molar-refractivity contribution in [3.8, 4) is 16.9 Å². The van der Waals surface area contributed by atoms with Gasteiger partial charge in [0.2, 0.25) is 0 Å². The average Bonchev–Trinajstić information content (AvgIpc) is 3.46. The van der Waals surface area contributed by atoms with Crippen molar-refractivity contribution in [2.75, 3.05) is 18.0 Å². The molecule has 0 saturated carbocycles. The fourth-order valence-corrected chi connectivity index (χ4v) is 4.53. The number of anilines is 1. The van der Waals surface area contributed by atoms with Crippen molar-refractivity contribution in [1.82, 2.24) is 19.6 Å². The number of carboxylic acids is 1. The summed E-state index contributed by atoms with van der Waals surface area (Å²) in [5.41, 5.74) is 4.60. The Morgan fingerprint density at radius 3 is 2.56 bits per heavy atom. The van der Waals surface area contributed by atoms with E-state index in [9.17, 15) is 9.90 Å². The summed E-state index contributed by atoms with van der Waals surface area (Å²) in [5.74, 6) is -0.970. The van der Waals surface area contributed by atoms with Gasteiger partial charge in [-0.2, -0.15) is 10.2 Å². The van der Waals surface area contributed by atoms with Crippen molar-refractivity contribution in [3.05, 3.63) is 60.4 Å². The number of hydrogen-bond acceptors (Lipinski definition) is 5. The Labute approximate surface area is 211 Å². The first-order valence-electron chi connectivity index (χ1n) is 12.7. The Balaban J connectivity index is 1.60. The van der Waals surface area contributed by atoms with E-state index in [1.807, 2.05) is 34.6 Å². The van der Waals surface area contributed by atoms with Crippen molar-refractivity contribution in [2.45, 2.75) is 58.8 Å². The Morgan fingerprint density at radius 1 is 1.11 bits per heavy atom. The molecule has 188 valence electrons. The van der Waals surface area contributed by atoms with Crippen molar-refractivity contribution >= 4 is 22.6 Å². The molecular formula is C28H33N5O3. The van der Waals surface area contributed by atoms with Gasteiger partial charge >= 0.3 is 5.97 Å². The number of carbonyl (C=O) groups is 1. The zero-order chi connectivity index (χ0) is 25.3. The molecule has 0 spiro atoms. The van der Waals surface area contributed by atoms with Crippen LogP contribution >= 0.6 is 0 Å². The molecule has 5 rings (SSSR count). The van der Waals surface area contributed by atoms with Gasteiger partial charge in [0.25, 0.3) is 0 Å². The van der Waals surface area contributed by atoms with E-state index in [0.29, 0.717) is 12.1 Å². The van der Waals surface area contributed by atoms with Gasteiger partial charge in [0.15, 0.2) is 5.60 Å². The summed E-state index contributed by atoms with van der Waals surface area (Å²) in [6.45, 7) is 8.59. The summed E-state index contributed by atoms with van der Waals surface area (Å²) < 4.78 is 9.89. The molecule has 1 N–H and O–H groups in total. The highest BCUT2D eigenvalue weighted by Crippen LogP contribution is 2.33. The molecule has 0 aliphatic carbocycles. The van der Waals surface area contributed by atoms with Crippen molar-refractivity contribution in [2.24, 2.45) is 0 Å². The summed E-state index contributed by atoms with van der Waals surface area (Å²) in [7, 11) is 0. The van der Waals surface area contributed by atoms with Crippen LogP contribution in [0.3, 0.4) is 0 Å². The lowest BCUT2D eigenvalue weighted by molar-refractivity contribution is -0.165. The van der Waals surface area contributed by atoms with Crippen LogP contribution in [-0.4, -0.2) is 49.3 Å². The Morgan fingerprint density at radius 2 is 1.89 bits per heavy atom. The van der Waals surface area contributed by atoms with Crippen LogP contribution in [0.15, 0.2) is 54.7 Å². The molecule has 8 heteroatoms. The van der Waals surface area contributed by atoms with Gasteiger partial charge in [0.05, 0.1) is 41.1 Å². The third-order valence-electron chi connectivity index (χ3n) is 7.11. The second-order valence-corrected chi connectivity index (χ2v) is 9.58. The van der Waals surface area contributed by atoms with E-state index in [-0.39, 0.29) is 6.61 Å². The van der Waals surface area contributed by atoms with Crippen LogP contribution in [-0.2, 0) is 22.7 Å². The number of aliphatic carboxylic acids is 1. The van der Waals surface area contributed by atoms with E-state index in [0.717, 1.165) is 59.6 Å². The van der Waals surface area contributed by atoms with Crippen LogP contribution in [0.2, 0.25) is 0 Å². The predicted octanol–water partition coefficient (Wildman–Crippen LogP) is 5.28. The zero-order valence-corrected chi connectivity index (χ0v) is 21.1. The van der Waals surface area contributed by atoms with E-state index in [2.05, 4.69) is 53.3 Å². The number of para-hydroxylation sites is 2. The minimum atomic E-state index is -1.26. The largest absolute Gasteiger partial charge is 0.479 e. The van der Waals surface area contributed by atoms with Gasteiger partial charge in [0.1, 0.15) is 0 Å². The molecular weight excluding hydrogens is 454 g/mol. The molecule has 4 aromatic rings. The van der Waals surface area contributed by atoms with E-state index in [1.54, 1.807) is 6.92 Å². The number of benzene rings is 2. The van der Waals surface area contributed by atoms with Crippen LogP contribution in [0.25, 0.3) is 27.8 Å². The van der Waals surface area contributed by atoms with Gasteiger partial charge in [-0.1, -0.05) is 38.1 Å². The number of rotatable bonds is 10. The number of carboxylic acid groups (broad SMARTS) is 1. The molecule has 1 aliphatic heterocycles. The molecule has 8 nitrogen and oxygen atoms in total. The Bertz CT molecular complexity index is 1390. The van der Waals surface area contributed by atoms with Gasteiger partial charge < -0.3 is 14.7 Å². The first kappa shape index (κ1) is 24.1. The van der Waals surface area contributed by atoms with Crippen molar-refractivity contribution < 1.29 is 14.6 Å². The molecule has 3 heterocycles.